The van der Waals surface area contributed by atoms with Crippen LogP contribution in [-0.4, -0.2) is 32.4 Å². The minimum atomic E-state index is -0.182. The second-order valence-corrected chi connectivity index (χ2v) is 6.67. The number of hydrogen-bond donors (Lipinski definition) is 1. The van der Waals surface area contributed by atoms with Gasteiger partial charge in [-0.25, -0.2) is 4.68 Å². The highest BCUT2D eigenvalue weighted by Gasteiger charge is 2.21. The van der Waals surface area contributed by atoms with Gasteiger partial charge in [0.1, 0.15) is 0 Å². The Morgan fingerprint density at radius 1 is 1.38 bits per heavy atom. The summed E-state index contributed by atoms with van der Waals surface area (Å²) in [5, 5.41) is 11.6. The van der Waals surface area contributed by atoms with Crippen molar-refractivity contribution in [3.8, 4) is 5.69 Å². The largest absolute Gasteiger partial charge is 0.351 e. The number of nitrogens with one attached hydrogen (secondary N) is 1. The molecule has 0 aliphatic carbocycles. The van der Waals surface area contributed by atoms with Gasteiger partial charge < -0.3 is 9.84 Å². The Hall–Kier alpha value is -2.67. The van der Waals surface area contributed by atoms with Crippen molar-refractivity contribution >= 4 is 17.5 Å². The fraction of sp³-hybridized carbons (Fsp3) is 0.333. The average molecular weight is 374 g/mol. The van der Waals surface area contributed by atoms with Crippen LogP contribution < -0.4 is 5.32 Å². The first-order valence-electron chi connectivity index (χ1n) is 8.37. The summed E-state index contributed by atoms with van der Waals surface area (Å²) in [5.41, 5.74) is 2.20. The van der Waals surface area contributed by atoms with Gasteiger partial charge in [0.05, 0.1) is 23.1 Å². The molecule has 0 saturated heterocycles. The van der Waals surface area contributed by atoms with Gasteiger partial charge in [-0.1, -0.05) is 36.7 Å². The molecule has 136 valence electrons. The number of carbonyl (C=O) groups is 1. The molecule has 0 unspecified atom stereocenters. The van der Waals surface area contributed by atoms with Gasteiger partial charge in [0, 0.05) is 18.0 Å². The van der Waals surface area contributed by atoms with Crippen molar-refractivity contribution in [1.29, 1.82) is 0 Å². The number of amides is 1. The summed E-state index contributed by atoms with van der Waals surface area (Å²) >= 11 is 6.08. The standard InChI is InChI=1S/C18H20ClN5O2/c1-11(2)17-15(10-21-24(17)14-6-4-5-13(19)9-14)18(25)20-8-7-16-22-12(3)23-26-16/h4-6,9-11H,7-8H2,1-3H3,(H,20,25). The molecule has 0 spiro atoms. The van der Waals surface area contributed by atoms with Crippen molar-refractivity contribution in [2.75, 3.05) is 6.54 Å². The van der Waals surface area contributed by atoms with Gasteiger partial charge in [0.15, 0.2) is 5.82 Å². The Bertz CT molecular complexity index is 916. The molecule has 0 bridgehead atoms. The van der Waals surface area contributed by atoms with E-state index in [1.807, 2.05) is 32.0 Å². The maximum Gasteiger partial charge on any atom is 0.254 e. The van der Waals surface area contributed by atoms with Gasteiger partial charge in [-0.3, -0.25) is 4.79 Å². The molecular weight excluding hydrogens is 354 g/mol. The summed E-state index contributed by atoms with van der Waals surface area (Å²) in [5.74, 6) is 1.01. The third kappa shape index (κ3) is 3.94. The van der Waals surface area contributed by atoms with Gasteiger partial charge in [-0.15, -0.1) is 0 Å². The van der Waals surface area contributed by atoms with Crippen LogP contribution in [-0.2, 0) is 6.42 Å². The molecule has 1 amide bonds. The van der Waals surface area contributed by atoms with E-state index in [0.29, 0.717) is 35.3 Å². The predicted octanol–water partition coefficient (Wildman–Crippen LogP) is 3.31. The summed E-state index contributed by atoms with van der Waals surface area (Å²) in [6.45, 7) is 6.21. The van der Waals surface area contributed by atoms with Crippen LogP contribution >= 0.6 is 11.6 Å². The van der Waals surface area contributed by atoms with Crippen molar-refractivity contribution < 1.29 is 9.32 Å². The Morgan fingerprint density at radius 2 is 2.19 bits per heavy atom. The lowest BCUT2D eigenvalue weighted by Gasteiger charge is -2.13. The Morgan fingerprint density at radius 3 is 2.85 bits per heavy atom. The van der Waals surface area contributed by atoms with E-state index < -0.39 is 0 Å². The third-order valence-electron chi connectivity index (χ3n) is 3.84. The lowest BCUT2D eigenvalue weighted by Crippen LogP contribution is -2.26. The molecule has 1 N–H and O–H groups in total. The van der Waals surface area contributed by atoms with Gasteiger partial charge in [0.2, 0.25) is 5.89 Å². The van der Waals surface area contributed by atoms with Gasteiger partial charge in [-0.2, -0.15) is 10.1 Å². The van der Waals surface area contributed by atoms with Crippen LogP contribution in [0.5, 0.6) is 0 Å². The monoisotopic (exact) mass is 373 g/mol. The predicted molar refractivity (Wildman–Crippen MR) is 97.7 cm³/mol. The molecule has 2 heterocycles. The van der Waals surface area contributed by atoms with E-state index in [-0.39, 0.29) is 11.8 Å². The summed E-state index contributed by atoms with van der Waals surface area (Å²) < 4.78 is 6.80. The Balaban J connectivity index is 1.77. The molecule has 0 aliphatic heterocycles. The number of nitrogens with zero attached hydrogens (tertiary/aromatic N) is 4. The van der Waals surface area contributed by atoms with Crippen LogP contribution in [0.3, 0.4) is 0 Å². The summed E-state index contributed by atoms with van der Waals surface area (Å²) in [6, 6.07) is 7.39. The normalized spacial score (nSPS) is 11.1. The zero-order valence-electron chi connectivity index (χ0n) is 14.9. The van der Waals surface area contributed by atoms with E-state index in [4.69, 9.17) is 16.1 Å². The minimum absolute atomic E-state index is 0.107. The number of rotatable bonds is 6. The lowest BCUT2D eigenvalue weighted by molar-refractivity contribution is 0.0952. The number of aryl methyl sites for hydroxylation is 1. The van der Waals surface area contributed by atoms with E-state index in [2.05, 4.69) is 20.6 Å². The smallest absolute Gasteiger partial charge is 0.254 e. The molecule has 0 aliphatic rings. The van der Waals surface area contributed by atoms with E-state index >= 15 is 0 Å². The van der Waals surface area contributed by atoms with E-state index in [1.165, 1.54) is 0 Å². The fourth-order valence-electron chi connectivity index (χ4n) is 2.72. The van der Waals surface area contributed by atoms with Crippen LogP contribution in [0.2, 0.25) is 5.02 Å². The first-order valence-corrected chi connectivity index (χ1v) is 8.74. The molecule has 2 aromatic heterocycles. The molecule has 0 fully saturated rings. The van der Waals surface area contributed by atoms with E-state index in [9.17, 15) is 4.79 Å². The molecule has 0 saturated carbocycles. The first kappa shape index (κ1) is 18.1. The van der Waals surface area contributed by atoms with Crippen molar-refractivity contribution in [3.63, 3.8) is 0 Å². The maximum absolute atomic E-state index is 12.6. The summed E-state index contributed by atoms with van der Waals surface area (Å²) in [6.07, 6.45) is 2.06. The lowest BCUT2D eigenvalue weighted by atomic mass is 10.0. The van der Waals surface area contributed by atoms with Gasteiger partial charge in [0.25, 0.3) is 5.91 Å². The quantitative estimate of drug-likeness (QED) is 0.716. The molecule has 0 atom stereocenters. The van der Waals surface area contributed by atoms with Gasteiger partial charge in [-0.05, 0) is 31.0 Å². The number of halogens is 1. The molecule has 3 aromatic rings. The number of benzene rings is 1. The SMILES string of the molecule is Cc1noc(CCNC(=O)c2cnn(-c3cccc(Cl)c3)c2C(C)C)n1. The molecule has 1 aromatic carbocycles. The zero-order valence-corrected chi connectivity index (χ0v) is 15.6. The second-order valence-electron chi connectivity index (χ2n) is 6.23. The van der Waals surface area contributed by atoms with E-state index in [0.717, 1.165) is 11.4 Å². The van der Waals surface area contributed by atoms with Crippen molar-refractivity contribution in [2.45, 2.75) is 33.1 Å². The third-order valence-corrected chi connectivity index (χ3v) is 4.08. The first-order chi connectivity index (χ1) is 12.5. The molecule has 0 radical (unpaired) electrons. The van der Waals surface area contributed by atoms with Crippen molar-refractivity contribution in [3.05, 3.63) is 58.5 Å². The Kier molecular flexibility index (Phi) is 5.37. The number of aromatic nitrogens is 4. The van der Waals surface area contributed by atoms with E-state index in [1.54, 1.807) is 23.9 Å². The molecule has 3 rings (SSSR count). The molecule has 8 heteroatoms. The van der Waals surface area contributed by atoms with Crippen molar-refractivity contribution in [2.24, 2.45) is 0 Å². The van der Waals surface area contributed by atoms with Crippen LogP contribution in [0.15, 0.2) is 35.0 Å². The number of carbonyl (C=O) groups excluding carboxylic acids is 1. The van der Waals surface area contributed by atoms with Crippen LogP contribution in [0, 0.1) is 6.92 Å². The molecule has 26 heavy (non-hydrogen) atoms. The highest BCUT2D eigenvalue weighted by atomic mass is 35.5. The maximum atomic E-state index is 12.6. The highest BCUT2D eigenvalue weighted by Crippen LogP contribution is 2.24. The minimum Gasteiger partial charge on any atom is -0.351 e. The average Bonchev–Trinajstić information content (AvgIpc) is 3.21. The molecular formula is C18H20ClN5O2. The Labute approximate surface area is 156 Å². The van der Waals surface area contributed by atoms with Crippen LogP contribution in [0.4, 0.5) is 0 Å². The fourth-order valence-corrected chi connectivity index (χ4v) is 2.91. The van der Waals surface area contributed by atoms with Gasteiger partial charge >= 0.3 is 0 Å². The van der Waals surface area contributed by atoms with Crippen LogP contribution in [0.25, 0.3) is 5.69 Å². The highest BCUT2D eigenvalue weighted by molar-refractivity contribution is 6.30. The zero-order chi connectivity index (χ0) is 18.7. The summed E-state index contributed by atoms with van der Waals surface area (Å²) in [7, 11) is 0. The van der Waals surface area contributed by atoms with Crippen molar-refractivity contribution in [1.82, 2.24) is 25.2 Å². The van der Waals surface area contributed by atoms with Crippen LogP contribution in [0.1, 0.15) is 47.5 Å². The number of hydrogen-bond acceptors (Lipinski definition) is 5. The molecule has 7 nitrogen and oxygen atoms in total. The second kappa shape index (κ2) is 7.70. The summed E-state index contributed by atoms with van der Waals surface area (Å²) in [4.78, 5) is 16.7. The topological polar surface area (TPSA) is 85.8 Å².